The first kappa shape index (κ1) is 9.97. The van der Waals surface area contributed by atoms with Crippen molar-refractivity contribution in [2.24, 2.45) is 0 Å². The van der Waals surface area contributed by atoms with Crippen molar-refractivity contribution in [1.29, 1.82) is 5.26 Å². The Morgan fingerprint density at radius 1 is 1.40 bits per heavy atom. The summed E-state index contributed by atoms with van der Waals surface area (Å²) >= 11 is 0. The molecule has 0 aliphatic carbocycles. The van der Waals surface area contributed by atoms with Crippen LogP contribution < -0.4 is 4.90 Å². The second-order valence-corrected chi connectivity index (χ2v) is 4.24. The summed E-state index contributed by atoms with van der Waals surface area (Å²) in [4.78, 5) is 2.02. The maximum atomic E-state index is 13.6. The molecule has 2 nitrogen and oxygen atoms in total. The van der Waals surface area contributed by atoms with E-state index in [1.54, 1.807) is 19.1 Å². The molecule has 3 heteroatoms. The second-order valence-electron chi connectivity index (χ2n) is 4.24. The predicted molar refractivity (Wildman–Crippen MR) is 57.5 cm³/mol. The van der Waals surface area contributed by atoms with E-state index in [1.165, 1.54) is 0 Å². The average molecular weight is 204 g/mol. The summed E-state index contributed by atoms with van der Waals surface area (Å²) in [5.74, 6) is 0. The highest BCUT2D eigenvalue weighted by Crippen LogP contribution is 2.29. The first-order valence-electron chi connectivity index (χ1n) is 5.05. The number of rotatable bonds is 1. The van der Waals surface area contributed by atoms with Crippen LogP contribution in [0, 0.1) is 11.3 Å². The van der Waals surface area contributed by atoms with E-state index in [1.807, 2.05) is 17.0 Å². The Hall–Kier alpha value is -1.56. The topological polar surface area (TPSA) is 27.0 Å². The number of nitrogens with zero attached hydrogens (tertiary/aromatic N) is 2. The molecular weight excluding hydrogens is 191 g/mol. The molecule has 1 aromatic carbocycles. The van der Waals surface area contributed by atoms with Crippen LogP contribution in [-0.4, -0.2) is 18.8 Å². The van der Waals surface area contributed by atoms with Gasteiger partial charge in [-0.1, -0.05) is 0 Å². The summed E-state index contributed by atoms with van der Waals surface area (Å²) in [7, 11) is 0. The Morgan fingerprint density at radius 2 is 2.07 bits per heavy atom. The van der Waals surface area contributed by atoms with Crippen molar-refractivity contribution in [3.05, 3.63) is 29.8 Å². The molecule has 0 radical (unpaired) electrons. The molecule has 0 aromatic heterocycles. The lowest BCUT2D eigenvalue weighted by Gasteiger charge is -2.19. The van der Waals surface area contributed by atoms with Gasteiger partial charge in [0.05, 0.1) is 18.2 Å². The van der Waals surface area contributed by atoms with Gasteiger partial charge in [-0.05, 0) is 31.2 Å². The van der Waals surface area contributed by atoms with E-state index in [9.17, 15) is 4.39 Å². The van der Waals surface area contributed by atoms with Crippen LogP contribution in [0.15, 0.2) is 24.3 Å². The molecule has 0 amide bonds. The first-order chi connectivity index (χ1) is 7.11. The monoisotopic (exact) mass is 204 g/mol. The van der Waals surface area contributed by atoms with Crippen molar-refractivity contribution in [2.75, 3.05) is 18.0 Å². The Labute approximate surface area is 88.9 Å². The molecular formula is C12H13FN2. The second kappa shape index (κ2) is 3.54. The smallest absolute Gasteiger partial charge is 0.127 e. The zero-order chi connectivity index (χ0) is 10.9. The zero-order valence-electron chi connectivity index (χ0n) is 8.70. The van der Waals surface area contributed by atoms with Crippen molar-refractivity contribution in [2.45, 2.75) is 19.0 Å². The summed E-state index contributed by atoms with van der Waals surface area (Å²) in [6.45, 7) is 2.83. The minimum Gasteiger partial charge on any atom is -0.368 e. The van der Waals surface area contributed by atoms with Crippen molar-refractivity contribution >= 4 is 5.69 Å². The Balaban J connectivity index is 2.15. The minimum atomic E-state index is -1.08. The summed E-state index contributed by atoms with van der Waals surface area (Å²) in [6, 6.07) is 9.35. The van der Waals surface area contributed by atoms with Gasteiger partial charge in [-0.25, -0.2) is 4.39 Å². The van der Waals surface area contributed by atoms with E-state index >= 15 is 0 Å². The standard InChI is InChI=1S/C12H13FN2/c1-12(13)6-7-15(9-12)11-4-2-10(8-14)3-5-11/h2-5H,6-7,9H2,1H3. The number of benzene rings is 1. The maximum Gasteiger partial charge on any atom is 0.127 e. The Kier molecular flexibility index (Phi) is 2.36. The average Bonchev–Trinajstić information content (AvgIpc) is 2.59. The van der Waals surface area contributed by atoms with Crippen LogP contribution >= 0.6 is 0 Å². The molecule has 0 spiro atoms. The summed E-state index contributed by atoms with van der Waals surface area (Å²) in [5, 5.41) is 8.65. The van der Waals surface area contributed by atoms with Crippen LogP contribution in [0.1, 0.15) is 18.9 Å². The van der Waals surface area contributed by atoms with E-state index in [0.717, 1.165) is 12.2 Å². The third kappa shape index (κ3) is 2.10. The lowest BCUT2D eigenvalue weighted by Crippen LogP contribution is -2.25. The fourth-order valence-electron chi connectivity index (χ4n) is 1.89. The van der Waals surface area contributed by atoms with Gasteiger partial charge >= 0.3 is 0 Å². The first-order valence-corrected chi connectivity index (χ1v) is 5.05. The van der Waals surface area contributed by atoms with Crippen LogP contribution in [0.25, 0.3) is 0 Å². The number of hydrogen-bond acceptors (Lipinski definition) is 2. The lowest BCUT2D eigenvalue weighted by molar-refractivity contribution is 0.221. The molecule has 78 valence electrons. The van der Waals surface area contributed by atoms with Crippen molar-refractivity contribution in [3.63, 3.8) is 0 Å². The molecule has 0 saturated carbocycles. The molecule has 1 heterocycles. The molecule has 1 saturated heterocycles. The largest absolute Gasteiger partial charge is 0.368 e. The molecule has 1 aliphatic heterocycles. The molecule has 1 unspecified atom stereocenters. The number of anilines is 1. The third-order valence-electron chi connectivity index (χ3n) is 2.79. The molecule has 1 aromatic rings. The Morgan fingerprint density at radius 3 is 2.53 bits per heavy atom. The van der Waals surface area contributed by atoms with Gasteiger partial charge in [-0.3, -0.25) is 0 Å². The predicted octanol–water partition coefficient (Wildman–Crippen LogP) is 2.50. The van der Waals surface area contributed by atoms with Crippen molar-refractivity contribution in [1.82, 2.24) is 0 Å². The minimum absolute atomic E-state index is 0.443. The van der Waals surface area contributed by atoms with Gasteiger partial charge in [0.25, 0.3) is 0 Å². The third-order valence-corrected chi connectivity index (χ3v) is 2.79. The highest BCUT2D eigenvalue weighted by molar-refractivity contribution is 5.50. The fraction of sp³-hybridized carbons (Fsp3) is 0.417. The van der Waals surface area contributed by atoms with Crippen molar-refractivity contribution in [3.8, 4) is 6.07 Å². The van der Waals surface area contributed by atoms with E-state index in [4.69, 9.17) is 5.26 Å². The molecule has 2 rings (SSSR count). The van der Waals surface area contributed by atoms with Gasteiger partial charge in [0.1, 0.15) is 5.67 Å². The van der Waals surface area contributed by atoms with Gasteiger partial charge in [0.15, 0.2) is 0 Å². The Bertz CT molecular complexity index is 389. The van der Waals surface area contributed by atoms with Crippen LogP contribution in [0.2, 0.25) is 0 Å². The van der Waals surface area contributed by atoms with Gasteiger partial charge in [-0.2, -0.15) is 5.26 Å². The van der Waals surface area contributed by atoms with Crippen LogP contribution in [0.3, 0.4) is 0 Å². The number of alkyl halides is 1. The maximum absolute atomic E-state index is 13.6. The van der Waals surface area contributed by atoms with E-state index in [2.05, 4.69) is 6.07 Å². The summed E-state index contributed by atoms with van der Waals surface area (Å²) in [6.07, 6.45) is 0.576. The molecule has 1 fully saturated rings. The highest BCUT2D eigenvalue weighted by atomic mass is 19.1. The molecule has 1 atom stereocenters. The quantitative estimate of drug-likeness (QED) is 0.702. The SMILES string of the molecule is CC1(F)CCN(c2ccc(C#N)cc2)C1. The number of hydrogen-bond donors (Lipinski definition) is 0. The lowest BCUT2D eigenvalue weighted by atomic mass is 10.1. The van der Waals surface area contributed by atoms with Gasteiger partial charge in [0.2, 0.25) is 0 Å². The van der Waals surface area contributed by atoms with E-state index in [0.29, 0.717) is 18.5 Å². The van der Waals surface area contributed by atoms with Gasteiger partial charge < -0.3 is 4.90 Å². The fourth-order valence-corrected chi connectivity index (χ4v) is 1.89. The normalized spacial score (nSPS) is 25.3. The zero-order valence-corrected chi connectivity index (χ0v) is 8.70. The van der Waals surface area contributed by atoms with Crippen LogP contribution in [-0.2, 0) is 0 Å². The van der Waals surface area contributed by atoms with Crippen molar-refractivity contribution < 1.29 is 4.39 Å². The highest BCUT2D eigenvalue weighted by Gasteiger charge is 2.33. The summed E-state index contributed by atoms with van der Waals surface area (Å²) < 4.78 is 13.6. The molecule has 0 N–H and O–H groups in total. The molecule has 1 aliphatic rings. The number of nitriles is 1. The van der Waals surface area contributed by atoms with Gasteiger partial charge in [0, 0.05) is 18.7 Å². The van der Waals surface area contributed by atoms with E-state index < -0.39 is 5.67 Å². The van der Waals surface area contributed by atoms with Gasteiger partial charge in [-0.15, -0.1) is 0 Å². The van der Waals surface area contributed by atoms with E-state index in [-0.39, 0.29) is 0 Å². The van der Waals surface area contributed by atoms with Crippen LogP contribution in [0.5, 0.6) is 0 Å². The molecule has 0 bridgehead atoms. The van der Waals surface area contributed by atoms with Crippen LogP contribution in [0.4, 0.5) is 10.1 Å². The molecule has 15 heavy (non-hydrogen) atoms. The number of halogens is 1. The summed E-state index contributed by atoms with van der Waals surface area (Å²) in [5.41, 5.74) is 0.560.